The Morgan fingerprint density at radius 1 is 0.862 bits per heavy atom. The number of unbranched alkanes of at least 4 members (excludes halogenated alkanes) is 1. The number of rotatable bonds is 5. The summed E-state index contributed by atoms with van der Waals surface area (Å²) in [5.74, 6) is 0. The minimum atomic E-state index is 0.654. The molecule has 2 aromatic heterocycles. The number of halogens is 2. The first-order valence-electron chi connectivity index (χ1n) is 9.77. The van der Waals surface area contributed by atoms with E-state index in [1.807, 2.05) is 17.4 Å². The van der Waals surface area contributed by atoms with Crippen LogP contribution in [-0.4, -0.2) is 11.5 Å². The lowest BCUT2D eigenvalue weighted by molar-refractivity contribution is 0.748. The van der Waals surface area contributed by atoms with Crippen molar-refractivity contribution < 1.29 is 0 Å². The van der Waals surface area contributed by atoms with Crippen LogP contribution in [0, 0.1) is 0 Å². The molecule has 3 aromatic carbocycles. The molecule has 0 aliphatic rings. The molecule has 0 unspecified atom stereocenters. The van der Waals surface area contributed by atoms with Crippen LogP contribution < -0.4 is 5.73 Å². The first kappa shape index (κ1) is 19.0. The van der Waals surface area contributed by atoms with E-state index >= 15 is 0 Å². The summed E-state index contributed by atoms with van der Waals surface area (Å²) < 4.78 is 2.62. The molecule has 0 saturated heterocycles. The number of aromatic nitrogens is 1. The van der Waals surface area contributed by atoms with E-state index in [0.717, 1.165) is 35.9 Å². The third-order valence-corrected chi connectivity index (χ3v) is 7.15. The standard InChI is InChI=1S/C24H20Cl2N2S/c25-15-12-19-17(6-3-4-10-27)23(28-24(19)20(26)13-15)14-8-9-22-18(11-14)16-5-1-2-7-21(16)29-22/h1-2,5,7-9,11-13,28H,3-4,6,10,27H2. The Kier molecular flexibility index (Phi) is 5.00. The number of nitrogens with one attached hydrogen (secondary N) is 1. The number of nitrogens with two attached hydrogens (primary N) is 1. The van der Waals surface area contributed by atoms with Crippen molar-refractivity contribution in [2.45, 2.75) is 19.3 Å². The number of aromatic amines is 1. The average molecular weight is 439 g/mol. The van der Waals surface area contributed by atoms with Crippen LogP contribution in [-0.2, 0) is 6.42 Å². The van der Waals surface area contributed by atoms with Crippen LogP contribution in [0.5, 0.6) is 0 Å². The Labute approximate surface area is 183 Å². The van der Waals surface area contributed by atoms with Gasteiger partial charge >= 0.3 is 0 Å². The van der Waals surface area contributed by atoms with Gasteiger partial charge in [-0.05, 0) is 67.3 Å². The normalized spacial score (nSPS) is 11.8. The van der Waals surface area contributed by atoms with Crippen LogP contribution in [0.1, 0.15) is 18.4 Å². The summed E-state index contributed by atoms with van der Waals surface area (Å²) in [6.45, 7) is 0.700. The van der Waals surface area contributed by atoms with E-state index < -0.39 is 0 Å². The van der Waals surface area contributed by atoms with Gasteiger partial charge in [-0.25, -0.2) is 0 Å². The number of hydrogen-bond donors (Lipinski definition) is 2. The zero-order valence-corrected chi connectivity index (χ0v) is 18.1. The van der Waals surface area contributed by atoms with Crippen LogP contribution in [0.25, 0.3) is 42.3 Å². The summed E-state index contributed by atoms with van der Waals surface area (Å²) in [7, 11) is 0. The zero-order valence-electron chi connectivity index (χ0n) is 15.8. The highest BCUT2D eigenvalue weighted by Crippen LogP contribution is 2.40. The predicted octanol–water partition coefficient (Wildman–Crippen LogP) is 7.79. The molecule has 0 saturated carbocycles. The van der Waals surface area contributed by atoms with Crippen LogP contribution in [0.3, 0.4) is 0 Å². The van der Waals surface area contributed by atoms with Gasteiger partial charge in [0.25, 0.3) is 0 Å². The van der Waals surface area contributed by atoms with E-state index in [4.69, 9.17) is 28.9 Å². The average Bonchev–Trinajstić information content (AvgIpc) is 3.26. The SMILES string of the molecule is NCCCCc1c(-c2ccc3sc4ccccc4c3c2)[nH]c2c(Cl)cc(Cl)cc12. The molecule has 0 aliphatic carbocycles. The van der Waals surface area contributed by atoms with E-state index in [-0.39, 0.29) is 0 Å². The maximum Gasteiger partial charge on any atom is 0.0662 e. The summed E-state index contributed by atoms with van der Waals surface area (Å²) in [6, 6.07) is 19.1. The predicted molar refractivity (Wildman–Crippen MR) is 129 cm³/mol. The number of thiophene rings is 1. The third-order valence-electron chi connectivity index (χ3n) is 5.48. The Morgan fingerprint density at radius 2 is 1.69 bits per heavy atom. The van der Waals surface area contributed by atoms with E-state index in [1.165, 1.54) is 31.3 Å². The Balaban J connectivity index is 1.73. The van der Waals surface area contributed by atoms with Gasteiger partial charge < -0.3 is 10.7 Å². The fourth-order valence-electron chi connectivity index (χ4n) is 4.11. The van der Waals surface area contributed by atoms with Crippen LogP contribution in [0.4, 0.5) is 0 Å². The van der Waals surface area contributed by atoms with Crippen LogP contribution in [0.2, 0.25) is 10.0 Å². The molecule has 0 atom stereocenters. The van der Waals surface area contributed by atoms with Gasteiger partial charge in [0.05, 0.1) is 10.5 Å². The highest BCUT2D eigenvalue weighted by atomic mass is 35.5. The molecule has 146 valence electrons. The molecular formula is C24H20Cl2N2S. The molecular weight excluding hydrogens is 419 g/mol. The maximum absolute atomic E-state index is 6.52. The van der Waals surface area contributed by atoms with Gasteiger partial charge in [-0.2, -0.15) is 0 Å². The number of fused-ring (bicyclic) bond motifs is 4. The molecule has 29 heavy (non-hydrogen) atoms. The van der Waals surface area contributed by atoms with Gasteiger partial charge in [0.15, 0.2) is 0 Å². The molecule has 0 amide bonds. The van der Waals surface area contributed by atoms with Crippen molar-refractivity contribution in [1.82, 2.24) is 4.98 Å². The van der Waals surface area contributed by atoms with Crippen molar-refractivity contribution >= 4 is 65.6 Å². The second-order valence-corrected chi connectivity index (χ2v) is 9.27. The first-order chi connectivity index (χ1) is 14.2. The molecule has 5 heteroatoms. The number of H-pyrrole nitrogens is 1. The quantitative estimate of drug-likeness (QED) is 0.270. The second-order valence-electron chi connectivity index (χ2n) is 7.34. The molecule has 2 nitrogen and oxygen atoms in total. The lowest BCUT2D eigenvalue weighted by Gasteiger charge is -2.06. The third kappa shape index (κ3) is 3.32. The molecule has 0 spiro atoms. The van der Waals surface area contributed by atoms with Crippen molar-refractivity contribution in [3.05, 3.63) is 70.2 Å². The molecule has 0 radical (unpaired) electrons. The van der Waals surface area contributed by atoms with Gasteiger partial charge in [-0.1, -0.05) is 47.5 Å². The highest BCUT2D eigenvalue weighted by molar-refractivity contribution is 7.25. The summed E-state index contributed by atoms with van der Waals surface area (Å²) in [5, 5.41) is 5.01. The number of benzene rings is 3. The maximum atomic E-state index is 6.52. The summed E-state index contributed by atoms with van der Waals surface area (Å²) in [6.07, 6.45) is 2.96. The fourth-order valence-corrected chi connectivity index (χ4v) is 5.73. The van der Waals surface area contributed by atoms with E-state index in [9.17, 15) is 0 Å². The topological polar surface area (TPSA) is 41.8 Å². The molecule has 0 fully saturated rings. The molecule has 5 rings (SSSR count). The van der Waals surface area contributed by atoms with Gasteiger partial charge in [0.1, 0.15) is 0 Å². The van der Waals surface area contributed by atoms with E-state index in [2.05, 4.69) is 47.4 Å². The second kappa shape index (κ2) is 7.66. The lowest BCUT2D eigenvalue weighted by Crippen LogP contribution is -1.99. The summed E-state index contributed by atoms with van der Waals surface area (Å²) >= 11 is 14.7. The molecule has 5 aromatic rings. The Morgan fingerprint density at radius 3 is 2.55 bits per heavy atom. The zero-order chi connectivity index (χ0) is 20.0. The molecule has 0 aliphatic heterocycles. The van der Waals surface area contributed by atoms with Crippen LogP contribution >= 0.6 is 34.5 Å². The number of hydrogen-bond acceptors (Lipinski definition) is 2. The van der Waals surface area contributed by atoms with Crippen molar-refractivity contribution in [3.63, 3.8) is 0 Å². The van der Waals surface area contributed by atoms with Gasteiger partial charge in [0.2, 0.25) is 0 Å². The largest absolute Gasteiger partial charge is 0.353 e. The lowest BCUT2D eigenvalue weighted by atomic mass is 9.99. The minimum absolute atomic E-state index is 0.654. The monoisotopic (exact) mass is 438 g/mol. The minimum Gasteiger partial charge on any atom is -0.353 e. The van der Waals surface area contributed by atoms with Crippen molar-refractivity contribution in [2.24, 2.45) is 5.73 Å². The van der Waals surface area contributed by atoms with Gasteiger partial charge in [-0.15, -0.1) is 11.3 Å². The Hall–Kier alpha value is -2.04. The molecule has 2 heterocycles. The van der Waals surface area contributed by atoms with Crippen molar-refractivity contribution in [1.29, 1.82) is 0 Å². The van der Waals surface area contributed by atoms with Crippen LogP contribution in [0.15, 0.2) is 54.6 Å². The Bertz CT molecular complexity index is 1350. The van der Waals surface area contributed by atoms with E-state index in [1.54, 1.807) is 6.07 Å². The highest BCUT2D eigenvalue weighted by Gasteiger charge is 2.17. The number of aryl methyl sites for hydroxylation is 1. The van der Waals surface area contributed by atoms with Crippen molar-refractivity contribution in [3.8, 4) is 11.3 Å². The van der Waals surface area contributed by atoms with Gasteiger partial charge in [-0.3, -0.25) is 0 Å². The van der Waals surface area contributed by atoms with E-state index in [0.29, 0.717) is 16.6 Å². The molecule has 0 bridgehead atoms. The molecule has 3 N–H and O–H groups in total. The first-order valence-corrected chi connectivity index (χ1v) is 11.3. The summed E-state index contributed by atoms with van der Waals surface area (Å²) in [4.78, 5) is 3.59. The smallest absolute Gasteiger partial charge is 0.0662 e. The summed E-state index contributed by atoms with van der Waals surface area (Å²) in [5.41, 5.74) is 10.2. The fraction of sp³-hybridized carbons (Fsp3) is 0.167. The van der Waals surface area contributed by atoms with Crippen molar-refractivity contribution in [2.75, 3.05) is 6.54 Å². The van der Waals surface area contributed by atoms with Gasteiger partial charge in [0, 0.05) is 36.3 Å².